The predicted molar refractivity (Wildman–Crippen MR) is 88.1 cm³/mol. The lowest BCUT2D eigenvalue weighted by atomic mass is 9.64. The van der Waals surface area contributed by atoms with Gasteiger partial charge in [-0.25, -0.2) is 4.79 Å². The minimum absolute atomic E-state index is 0.144. The molecule has 0 spiro atoms. The van der Waals surface area contributed by atoms with Gasteiger partial charge in [-0.1, -0.05) is 19.9 Å². The number of hydrogen-bond acceptors (Lipinski definition) is 4. The van der Waals surface area contributed by atoms with Crippen LogP contribution in [0.25, 0.3) is 0 Å². The molecule has 1 amide bonds. The van der Waals surface area contributed by atoms with Crippen molar-refractivity contribution in [2.75, 3.05) is 10.6 Å². The van der Waals surface area contributed by atoms with Crippen molar-refractivity contribution in [1.82, 2.24) is 0 Å². The van der Waals surface area contributed by atoms with Crippen LogP contribution in [0.3, 0.4) is 0 Å². The van der Waals surface area contributed by atoms with Crippen molar-refractivity contribution in [2.45, 2.75) is 58.8 Å². The number of benzene rings is 1. The van der Waals surface area contributed by atoms with Crippen molar-refractivity contribution in [2.24, 2.45) is 5.41 Å². The Hall–Kier alpha value is -1.75. The van der Waals surface area contributed by atoms with Crippen LogP contribution in [0.15, 0.2) is 24.3 Å². The van der Waals surface area contributed by atoms with Crippen LogP contribution in [-0.2, 0) is 4.74 Å². The monoisotopic (exact) mass is 306 g/mol. The van der Waals surface area contributed by atoms with Gasteiger partial charge in [-0.2, -0.15) is 0 Å². The zero-order chi connectivity index (χ0) is 16.5. The molecule has 22 heavy (non-hydrogen) atoms. The standard InChI is InChI=1S/C17H26N2O3/c1-16(2,3)22-15(21)19-12-8-6-7-11(9-12)18-13-10-14(20)17(13,4)5/h6-9,13-14,18,20H,10H2,1-5H3,(H,19,21). The summed E-state index contributed by atoms with van der Waals surface area (Å²) in [6, 6.07) is 7.72. The van der Waals surface area contributed by atoms with E-state index in [1.807, 2.05) is 58.9 Å². The van der Waals surface area contributed by atoms with E-state index in [9.17, 15) is 9.90 Å². The Bertz CT molecular complexity index is 549. The lowest BCUT2D eigenvalue weighted by molar-refractivity contribution is -0.0510. The molecule has 0 aliphatic heterocycles. The van der Waals surface area contributed by atoms with Crippen molar-refractivity contribution in [3.05, 3.63) is 24.3 Å². The molecule has 0 saturated heterocycles. The number of carbonyl (C=O) groups excluding carboxylic acids is 1. The van der Waals surface area contributed by atoms with E-state index in [1.165, 1.54) is 0 Å². The molecule has 2 rings (SSSR count). The SMILES string of the molecule is CC(C)(C)OC(=O)Nc1cccc(NC2CC(O)C2(C)C)c1. The number of anilines is 2. The first-order valence-corrected chi connectivity index (χ1v) is 7.62. The minimum Gasteiger partial charge on any atom is -0.444 e. The minimum atomic E-state index is -0.522. The highest BCUT2D eigenvalue weighted by Gasteiger charge is 2.47. The van der Waals surface area contributed by atoms with Gasteiger partial charge in [0.05, 0.1) is 6.10 Å². The molecule has 1 fully saturated rings. The number of nitrogens with one attached hydrogen (secondary N) is 2. The maximum atomic E-state index is 11.8. The lowest BCUT2D eigenvalue weighted by Crippen LogP contribution is -2.56. The fraction of sp³-hybridized carbons (Fsp3) is 0.588. The molecule has 3 N–H and O–H groups in total. The highest BCUT2D eigenvalue weighted by Crippen LogP contribution is 2.42. The van der Waals surface area contributed by atoms with E-state index in [0.29, 0.717) is 5.69 Å². The molecule has 5 heteroatoms. The fourth-order valence-corrected chi connectivity index (χ4v) is 2.46. The van der Waals surface area contributed by atoms with Crippen molar-refractivity contribution < 1.29 is 14.6 Å². The molecule has 1 aliphatic rings. The summed E-state index contributed by atoms with van der Waals surface area (Å²) in [6.45, 7) is 9.57. The van der Waals surface area contributed by atoms with Gasteiger partial charge in [-0.05, 0) is 45.4 Å². The Morgan fingerprint density at radius 1 is 1.32 bits per heavy atom. The van der Waals surface area contributed by atoms with E-state index in [1.54, 1.807) is 0 Å². The number of aliphatic hydroxyl groups excluding tert-OH is 1. The van der Waals surface area contributed by atoms with E-state index in [0.717, 1.165) is 12.1 Å². The van der Waals surface area contributed by atoms with Gasteiger partial charge in [0.25, 0.3) is 0 Å². The van der Waals surface area contributed by atoms with Crippen LogP contribution < -0.4 is 10.6 Å². The van der Waals surface area contributed by atoms with E-state index >= 15 is 0 Å². The van der Waals surface area contributed by atoms with Gasteiger partial charge in [0.2, 0.25) is 0 Å². The van der Waals surface area contributed by atoms with Crippen LogP contribution in [0.2, 0.25) is 0 Å². The molecular weight excluding hydrogens is 280 g/mol. The molecule has 122 valence electrons. The zero-order valence-corrected chi connectivity index (χ0v) is 13.9. The van der Waals surface area contributed by atoms with E-state index in [-0.39, 0.29) is 17.6 Å². The Labute approximate surface area is 132 Å². The molecule has 0 radical (unpaired) electrons. The lowest BCUT2D eigenvalue weighted by Gasteiger charge is -2.49. The van der Waals surface area contributed by atoms with Crippen molar-refractivity contribution in [1.29, 1.82) is 0 Å². The summed E-state index contributed by atoms with van der Waals surface area (Å²) in [5.74, 6) is 0. The first-order chi connectivity index (χ1) is 10.1. The van der Waals surface area contributed by atoms with Gasteiger partial charge in [-0.15, -0.1) is 0 Å². The number of aliphatic hydroxyl groups is 1. The summed E-state index contributed by atoms with van der Waals surface area (Å²) in [4.78, 5) is 11.8. The topological polar surface area (TPSA) is 70.6 Å². The molecule has 0 aromatic heterocycles. The Morgan fingerprint density at radius 2 is 1.95 bits per heavy atom. The van der Waals surface area contributed by atoms with Crippen molar-refractivity contribution >= 4 is 17.5 Å². The molecule has 5 nitrogen and oxygen atoms in total. The third kappa shape index (κ3) is 3.91. The number of hydrogen-bond donors (Lipinski definition) is 3. The summed E-state index contributed by atoms with van der Waals surface area (Å²) in [5.41, 5.74) is 0.927. The second-order valence-electron chi connectivity index (χ2n) is 7.48. The van der Waals surface area contributed by atoms with Crippen LogP contribution in [0.4, 0.5) is 16.2 Å². The van der Waals surface area contributed by atoms with Crippen LogP contribution in [0.1, 0.15) is 41.0 Å². The van der Waals surface area contributed by atoms with Crippen LogP contribution in [0, 0.1) is 5.41 Å². The molecule has 2 atom stereocenters. The van der Waals surface area contributed by atoms with Gasteiger partial charge in [0.15, 0.2) is 0 Å². The molecule has 2 unspecified atom stereocenters. The number of carbonyl (C=O) groups is 1. The van der Waals surface area contributed by atoms with Gasteiger partial charge < -0.3 is 15.2 Å². The summed E-state index contributed by atoms with van der Waals surface area (Å²) in [5, 5.41) is 15.9. The number of ether oxygens (including phenoxy) is 1. The van der Waals surface area contributed by atoms with Gasteiger partial charge in [-0.3, -0.25) is 5.32 Å². The zero-order valence-electron chi connectivity index (χ0n) is 13.9. The molecule has 1 aromatic rings. The number of amides is 1. The number of rotatable bonds is 3. The molecular formula is C17H26N2O3. The summed E-state index contributed by atoms with van der Waals surface area (Å²) in [7, 11) is 0. The van der Waals surface area contributed by atoms with Gasteiger partial charge >= 0.3 is 6.09 Å². The summed E-state index contributed by atoms with van der Waals surface area (Å²) < 4.78 is 5.24. The Morgan fingerprint density at radius 3 is 2.50 bits per heavy atom. The third-order valence-electron chi connectivity index (χ3n) is 4.06. The maximum Gasteiger partial charge on any atom is 0.412 e. The molecule has 0 bridgehead atoms. The van der Waals surface area contributed by atoms with E-state index in [2.05, 4.69) is 10.6 Å². The predicted octanol–water partition coefficient (Wildman–Crippen LogP) is 3.60. The van der Waals surface area contributed by atoms with Gasteiger partial charge in [0.1, 0.15) is 5.60 Å². The van der Waals surface area contributed by atoms with Crippen LogP contribution >= 0.6 is 0 Å². The Kier molecular flexibility index (Phi) is 4.38. The van der Waals surface area contributed by atoms with Crippen LogP contribution in [-0.4, -0.2) is 28.9 Å². The highest BCUT2D eigenvalue weighted by molar-refractivity contribution is 5.85. The second-order valence-corrected chi connectivity index (χ2v) is 7.48. The van der Waals surface area contributed by atoms with E-state index in [4.69, 9.17) is 4.74 Å². The van der Waals surface area contributed by atoms with Crippen molar-refractivity contribution in [3.8, 4) is 0 Å². The normalized spacial score (nSPS) is 23.4. The summed E-state index contributed by atoms with van der Waals surface area (Å²) in [6.07, 6.45) is -0.00592. The molecule has 1 aliphatic carbocycles. The average Bonchev–Trinajstić information content (AvgIpc) is 2.36. The average molecular weight is 306 g/mol. The first-order valence-electron chi connectivity index (χ1n) is 7.62. The molecule has 1 saturated carbocycles. The highest BCUT2D eigenvalue weighted by atomic mass is 16.6. The third-order valence-corrected chi connectivity index (χ3v) is 4.06. The molecule has 0 heterocycles. The van der Waals surface area contributed by atoms with Crippen LogP contribution in [0.5, 0.6) is 0 Å². The Balaban J connectivity index is 1.97. The van der Waals surface area contributed by atoms with E-state index < -0.39 is 11.7 Å². The van der Waals surface area contributed by atoms with Crippen molar-refractivity contribution in [3.63, 3.8) is 0 Å². The molecule has 1 aromatic carbocycles. The fourth-order valence-electron chi connectivity index (χ4n) is 2.46. The summed E-state index contributed by atoms with van der Waals surface area (Å²) >= 11 is 0. The quantitative estimate of drug-likeness (QED) is 0.798. The first kappa shape index (κ1) is 16.6. The largest absolute Gasteiger partial charge is 0.444 e. The smallest absolute Gasteiger partial charge is 0.412 e. The second kappa shape index (κ2) is 5.80. The maximum absolute atomic E-state index is 11.8. The van der Waals surface area contributed by atoms with Gasteiger partial charge in [0, 0.05) is 22.8 Å².